The molecule has 0 spiro atoms. The average molecular weight is 284 g/mol. The lowest BCUT2D eigenvalue weighted by molar-refractivity contribution is 0.188. The number of nitrogens with one attached hydrogen (secondary N) is 2. The third-order valence-corrected chi connectivity index (χ3v) is 4.90. The molecule has 2 unspecified atom stereocenters. The molecule has 7 heteroatoms. The highest BCUT2D eigenvalue weighted by Gasteiger charge is 2.35. The molecule has 5 nitrogen and oxygen atoms in total. The molecular weight excluding hydrogens is 262 g/mol. The third-order valence-electron chi connectivity index (χ3n) is 3.15. The van der Waals surface area contributed by atoms with Crippen molar-refractivity contribution in [2.75, 3.05) is 13.1 Å². The minimum Gasteiger partial charge on any atom is -0.309 e. The van der Waals surface area contributed by atoms with Gasteiger partial charge in [0.05, 0.1) is 0 Å². The molecule has 0 aromatic carbocycles. The molecule has 2 saturated heterocycles. The van der Waals surface area contributed by atoms with Crippen LogP contribution in [0.15, 0.2) is 0 Å². The molecule has 0 amide bonds. The molecule has 2 bridgehead atoms. The number of hydrogen-bond donors (Lipinski definition) is 2. The molecule has 102 valence electrons. The zero-order chi connectivity index (χ0) is 11.8. The molecule has 2 heterocycles. The van der Waals surface area contributed by atoms with E-state index in [9.17, 15) is 8.42 Å². The quantitative estimate of drug-likeness (QED) is 0.792. The van der Waals surface area contributed by atoms with Crippen molar-refractivity contribution in [3.05, 3.63) is 0 Å². The predicted molar refractivity (Wildman–Crippen MR) is 70.6 cm³/mol. The molecule has 2 fully saturated rings. The van der Waals surface area contributed by atoms with Gasteiger partial charge >= 0.3 is 0 Å². The Bertz CT molecular complexity index is 335. The highest BCUT2D eigenvalue weighted by molar-refractivity contribution is 7.87. The smallest absolute Gasteiger partial charge is 0.279 e. The van der Waals surface area contributed by atoms with Gasteiger partial charge in [0.1, 0.15) is 0 Å². The van der Waals surface area contributed by atoms with Gasteiger partial charge in [0.2, 0.25) is 0 Å². The average Bonchev–Trinajstić information content (AvgIpc) is 2.14. The van der Waals surface area contributed by atoms with E-state index in [4.69, 9.17) is 0 Å². The summed E-state index contributed by atoms with van der Waals surface area (Å²) in [6.45, 7) is 4.91. The summed E-state index contributed by atoms with van der Waals surface area (Å²) in [6, 6.07) is 0.646. The summed E-state index contributed by atoms with van der Waals surface area (Å²) < 4.78 is 28.3. The van der Waals surface area contributed by atoms with Crippen LogP contribution in [0.4, 0.5) is 0 Å². The zero-order valence-electron chi connectivity index (χ0n) is 10.3. The van der Waals surface area contributed by atoms with E-state index in [-0.39, 0.29) is 18.4 Å². The van der Waals surface area contributed by atoms with Crippen molar-refractivity contribution in [1.29, 1.82) is 0 Å². The first-order valence-electron chi connectivity index (χ1n) is 6.01. The van der Waals surface area contributed by atoms with Gasteiger partial charge in [0, 0.05) is 31.2 Å². The van der Waals surface area contributed by atoms with Crippen LogP contribution in [0.5, 0.6) is 0 Å². The largest absolute Gasteiger partial charge is 0.309 e. The van der Waals surface area contributed by atoms with Gasteiger partial charge in [0.25, 0.3) is 10.2 Å². The summed E-state index contributed by atoms with van der Waals surface area (Å²) >= 11 is 0. The van der Waals surface area contributed by atoms with Crippen molar-refractivity contribution in [3.8, 4) is 0 Å². The predicted octanol–water partition coefficient (Wildman–Crippen LogP) is 0.477. The van der Waals surface area contributed by atoms with Crippen molar-refractivity contribution in [1.82, 2.24) is 14.3 Å². The Labute approximate surface area is 110 Å². The van der Waals surface area contributed by atoms with Crippen LogP contribution in [0, 0.1) is 0 Å². The first kappa shape index (κ1) is 15.2. The fourth-order valence-corrected chi connectivity index (χ4v) is 4.03. The second-order valence-corrected chi connectivity index (χ2v) is 6.79. The van der Waals surface area contributed by atoms with Gasteiger partial charge < -0.3 is 5.32 Å². The van der Waals surface area contributed by atoms with E-state index in [1.54, 1.807) is 4.31 Å². The lowest BCUT2D eigenvalue weighted by Gasteiger charge is -2.41. The lowest BCUT2D eigenvalue weighted by atomic mass is 9.96. The molecule has 0 aromatic heterocycles. The highest BCUT2D eigenvalue weighted by Crippen LogP contribution is 2.21. The maximum atomic E-state index is 12.0. The summed E-state index contributed by atoms with van der Waals surface area (Å²) in [6.07, 6.45) is 3.39. The number of fused-ring (bicyclic) bond motifs is 2. The lowest BCUT2D eigenvalue weighted by Crippen LogP contribution is -2.61. The van der Waals surface area contributed by atoms with Crippen LogP contribution in [0.3, 0.4) is 0 Å². The molecule has 2 aliphatic rings. The molecule has 0 saturated carbocycles. The van der Waals surface area contributed by atoms with E-state index in [2.05, 4.69) is 10.0 Å². The van der Waals surface area contributed by atoms with Crippen molar-refractivity contribution >= 4 is 22.6 Å². The van der Waals surface area contributed by atoms with E-state index in [1.165, 1.54) is 6.42 Å². The van der Waals surface area contributed by atoms with Gasteiger partial charge in [-0.1, -0.05) is 6.42 Å². The van der Waals surface area contributed by atoms with Crippen molar-refractivity contribution in [2.45, 2.75) is 51.2 Å². The number of piperidine rings is 1. The summed E-state index contributed by atoms with van der Waals surface area (Å²) in [4.78, 5) is 0. The van der Waals surface area contributed by atoms with Gasteiger partial charge in [-0.05, 0) is 26.7 Å². The normalized spacial score (nSPS) is 30.1. The van der Waals surface area contributed by atoms with Crippen LogP contribution in [-0.4, -0.2) is 43.9 Å². The molecule has 2 aliphatic heterocycles. The fourth-order valence-electron chi connectivity index (χ4n) is 2.53. The van der Waals surface area contributed by atoms with Gasteiger partial charge in [0.15, 0.2) is 0 Å². The third kappa shape index (κ3) is 3.79. The van der Waals surface area contributed by atoms with Crippen LogP contribution in [0.1, 0.15) is 33.1 Å². The Morgan fingerprint density at radius 2 is 1.76 bits per heavy atom. The Morgan fingerprint density at radius 1 is 1.24 bits per heavy atom. The van der Waals surface area contributed by atoms with Gasteiger partial charge in [-0.2, -0.15) is 17.4 Å². The molecule has 0 aliphatic carbocycles. The Hall–Kier alpha value is 0.120. The van der Waals surface area contributed by atoms with Crippen LogP contribution in [0.25, 0.3) is 0 Å². The summed E-state index contributed by atoms with van der Waals surface area (Å²) in [7, 11) is -3.28. The van der Waals surface area contributed by atoms with Crippen LogP contribution < -0.4 is 10.0 Å². The summed E-state index contributed by atoms with van der Waals surface area (Å²) in [5, 5.41) is 3.47. The van der Waals surface area contributed by atoms with E-state index in [1.807, 2.05) is 13.8 Å². The topological polar surface area (TPSA) is 61.4 Å². The Balaban J connectivity index is 0.00000144. The molecular formula is C10H22ClN3O2S. The number of halogens is 1. The SMILES string of the molecule is CC(C)NS(=O)(=O)N1CC2CCCC(C1)N2.Cl. The van der Waals surface area contributed by atoms with Crippen molar-refractivity contribution in [2.24, 2.45) is 0 Å². The number of rotatable bonds is 3. The van der Waals surface area contributed by atoms with Crippen LogP contribution in [0.2, 0.25) is 0 Å². The maximum absolute atomic E-state index is 12.0. The van der Waals surface area contributed by atoms with Crippen LogP contribution >= 0.6 is 12.4 Å². The van der Waals surface area contributed by atoms with Crippen molar-refractivity contribution in [3.63, 3.8) is 0 Å². The van der Waals surface area contributed by atoms with Crippen LogP contribution in [-0.2, 0) is 10.2 Å². The molecule has 2 N–H and O–H groups in total. The van der Waals surface area contributed by atoms with Gasteiger partial charge in [-0.3, -0.25) is 0 Å². The number of hydrogen-bond acceptors (Lipinski definition) is 3. The van der Waals surface area contributed by atoms with E-state index in [0.29, 0.717) is 25.2 Å². The van der Waals surface area contributed by atoms with Crippen molar-refractivity contribution < 1.29 is 8.42 Å². The molecule has 2 rings (SSSR count). The van der Waals surface area contributed by atoms with E-state index < -0.39 is 10.2 Å². The van der Waals surface area contributed by atoms with Gasteiger partial charge in [-0.25, -0.2) is 0 Å². The minimum absolute atomic E-state index is 0. The fraction of sp³-hybridized carbons (Fsp3) is 1.00. The second kappa shape index (κ2) is 5.84. The zero-order valence-corrected chi connectivity index (χ0v) is 12.0. The first-order chi connectivity index (χ1) is 7.47. The monoisotopic (exact) mass is 283 g/mol. The highest BCUT2D eigenvalue weighted by atomic mass is 35.5. The minimum atomic E-state index is -3.28. The van der Waals surface area contributed by atoms with E-state index >= 15 is 0 Å². The maximum Gasteiger partial charge on any atom is 0.279 e. The Morgan fingerprint density at radius 3 is 2.24 bits per heavy atom. The standard InChI is InChI=1S/C10H21N3O2S.ClH/c1-8(2)12-16(14,15)13-6-9-4-3-5-10(7-13)11-9;/h8-12H,3-7H2,1-2H3;1H. The first-order valence-corrected chi connectivity index (χ1v) is 7.45. The number of piperazine rings is 1. The van der Waals surface area contributed by atoms with E-state index in [0.717, 1.165) is 12.8 Å². The molecule has 0 radical (unpaired) electrons. The summed E-state index contributed by atoms with van der Waals surface area (Å²) in [5.74, 6) is 0. The molecule has 0 aromatic rings. The molecule has 2 atom stereocenters. The van der Waals surface area contributed by atoms with Gasteiger partial charge in [-0.15, -0.1) is 12.4 Å². The number of nitrogens with zero attached hydrogens (tertiary/aromatic N) is 1. The summed E-state index contributed by atoms with van der Waals surface area (Å²) in [5.41, 5.74) is 0. The second-order valence-electron chi connectivity index (χ2n) is 5.09. The Kier molecular flexibility index (Phi) is 5.21. The molecule has 17 heavy (non-hydrogen) atoms.